The number of aryl methyl sites for hydroxylation is 2. The van der Waals surface area contributed by atoms with Gasteiger partial charge in [-0.15, -0.1) is 0 Å². The Hall–Kier alpha value is -2.37. The van der Waals surface area contributed by atoms with E-state index >= 15 is 0 Å². The highest BCUT2D eigenvalue weighted by atomic mass is 19.1. The summed E-state index contributed by atoms with van der Waals surface area (Å²) in [6.45, 7) is 1.79. The van der Waals surface area contributed by atoms with Gasteiger partial charge >= 0.3 is 5.97 Å². The zero-order valence-electron chi connectivity index (χ0n) is 9.85. The Kier molecular flexibility index (Phi) is 3.01. The zero-order chi connectivity index (χ0) is 13.3. The molecule has 0 atom stereocenters. The molecule has 0 aliphatic rings. The first-order chi connectivity index (χ1) is 8.47. The summed E-state index contributed by atoms with van der Waals surface area (Å²) in [6.07, 6.45) is 0. The van der Waals surface area contributed by atoms with Gasteiger partial charge < -0.3 is 9.84 Å². The number of rotatable bonds is 3. The van der Waals surface area contributed by atoms with Crippen molar-refractivity contribution >= 4 is 5.97 Å². The minimum atomic E-state index is -1.25. The van der Waals surface area contributed by atoms with Gasteiger partial charge in [0.2, 0.25) is 5.88 Å². The van der Waals surface area contributed by atoms with Crippen molar-refractivity contribution in [2.24, 2.45) is 7.05 Å². The van der Waals surface area contributed by atoms with Gasteiger partial charge in [0.1, 0.15) is 17.1 Å². The maximum absolute atomic E-state index is 13.0. The minimum Gasteiger partial charge on any atom is -0.478 e. The number of hydrogen-bond donors (Lipinski definition) is 1. The largest absolute Gasteiger partial charge is 0.478 e. The van der Waals surface area contributed by atoms with E-state index in [1.54, 1.807) is 20.0 Å². The van der Waals surface area contributed by atoms with Crippen LogP contribution >= 0.6 is 0 Å². The molecule has 0 aliphatic heterocycles. The fourth-order valence-electron chi connectivity index (χ4n) is 1.55. The van der Waals surface area contributed by atoms with Gasteiger partial charge in [-0.25, -0.2) is 13.9 Å². The van der Waals surface area contributed by atoms with E-state index in [1.807, 2.05) is 0 Å². The highest BCUT2D eigenvalue weighted by Crippen LogP contribution is 2.26. The number of aromatic carboxylic acids is 1. The molecular formula is C12H11FN2O3. The average molecular weight is 250 g/mol. The van der Waals surface area contributed by atoms with E-state index < -0.39 is 11.8 Å². The van der Waals surface area contributed by atoms with Crippen LogP contribution in [0.3, 0.4) is 0 Å². The van der Waals surface area contributed by atoms with Crippen LogP contribution in [0, 0.1) is 12.7 Å². The smallest absolute Gasteiger partial charge is 0.339 e. The predicted octanol–water partition coefficient (Wildman–Crippen LogP) is 2.36. The summed E-state index contributed by atoms with van der Waals surface area (Å²) in [7, 11) is 1.67. The summed E-state index contributed by atoms with van der Waals surface area (Å²) in [5.74, 6) is -1.40. The lowest BCUT2D eigenvalue weighted by Crippen LogP contribution is -2.02. The summed E-state index contributed by atoms with van der Waals surface area (Å²) in [4.78, 5) is 11.0. The summed E-state index contributed by atoms with van der Waals surface area (Å²) in [5, 5.41) is 13.0. The summed E-state index contributed by atoms with van der Waals surface area (Å²) in [5.41, 5.74) is 0.514. The molecule has 2 aromatic rings. The third-order valence-corrected chi connectivity index (χ3v) is 2.35. The fraction of sp³-hybridized carbons (Fsp3) is 0.167. The molecule has 6 heteroatoms. The second-order valence-corrected chi connectivity index (χ2v) is 3.80. The maximum atomic E-state index is 13.0. The quantitative estimate of drug-likeness (QED) is 0.908. The molecule has 1 aromatic carbocycles. The van der Waals surface area contributed by atoms with Crippen molar-refractivity contribution in [1.29, 1.82) is 0 Å². The van der Waals surface area contributed by atoms with Gasteiger partial charge in [-0.3, -0.25) is 0 Å². The van der Waals surface area contributed by atoms with Gasteiger partial charge in [0.15, 0.2) is 0 Å². The van der Waals surface area contributed by atoms with Crippen LogP contribution in [0.1, 0.15) is 16.1 Å². The Bertz CT molecular complexity index is 607. The van der Waals surface area contributed by atoms with E-state index in [0.717, 1.165) is 17.8 Å². The van der Waals surface area contributed by atoms with Crippen molar-refractivity contribution in [2.75, 3.05) is 0 Å². The van der Waals surface area contributed by atoms with Crippen LogP contribution in [0.15, 0.2) is 24.3 Å². The topological polar surface area (TPSA) is 64.3 Å². The number of aromatic nitrogens is 2. The van der Waals surface area contributed by atoms with E-state index in [1.165, 1.54) is 10.7 Å². The molecule has 0 saturated heterocycles. The Labute approximate surface area is 102 Å². The van der Waals surface area contributed by atoms with Crippen molar-refractivity contribution in [1.82, 2.24) is 9.78 Å². The summed E-state index contributed by atoms with van der Waals surface area (Å²) in [6, 6.07) is 5.00. The third kappa shape index (κ3) is 2.32. The van der Waals surface area contributed by atoms with E-state index in [9.17, 15) is 9.18 Å². The first kappa shape index (κ1) is 12.1. The van der Waals surface area contributed by atoms with Crippen LogP contribution < -0.4 is 4.74 Å². The molecule has 0 amide bonds. The number of carbonyl (C=O) groups is 1. The van der Waals surface area contributed by atoms with Gasteiger partial charge in [0, 0.05) is 13.1 Å². The van der Waals surface area contributed by atoms with Crippen LogP contribution in [0.25, 0.3) is 0 Å². The number of benzene rings is 1. The molecule has 0 aliphatic carbocycles. The molecule has 0 unspecified atom stereocenters. The van der Waals surface area contributed by atoms with Gasteiger partial charge in [-0.05, 0) is 25.1 Å². The molecule has 0 radical (unpaired) electrons. The number of hydrogen-bond acceptors (Lipinski definition) is 3. The van der Waals surface area contributed by atoms with E-state index in [0.29, 0.717) is 5.88 Å². The van der Waals surface area contributed by atoms with Crippen LogP contribution in [0.5, 0.6) is 11.6 Å². The molecule has 18 heavy (non-hydrogen) atoms. The maximum Gasteiger partial charge on any atom is 0.339 e. The summed E-state index contributed by atoms with van der Waals surface area (Å²) >= 11 is 0. The monoisotopic (exact) mass is 250 g/mol. The van der Waals surface area contributed by atoms with Crippen molar-refractivity contribution < 1.29 is 19.0 Å². The van der Waals surface area contributed by atoms with Crippen molar-refractivity contribution in [3.8, 4) is 11.6 Å². The van der Waals surface area contributed by atoms with Crippen molar-refractivity contribution in [3.05, 3.63) is 41.3 Å². The van der Waals surface area contributed by atoms with E-state index in [-0.39, 0.29) is 11.3 Å². The van der Waals surface area contributed by atoms with Crippen LogP contribution in [0.4, 0.5) is 4.39 Å². The number of carboxylic acid groups (broad SMARTS) is 1. The van der Waals surface area contributed by atoms with Crippen LogP contribution in [-0.4, -0.2) is 20.9 Å². The molecule has 1 aromatic heterocycles. The molecule has 1 N–H and O–H groups in total. The molecule has 1 heterocycles. The van der Waals surface area contributed by atoms with Crippen molar-refractivity contribution in [3.63, 3.8) is 0 Å². The Morgan fingerprint density at radius 1 is 1.44 bits per heavy atom. The molecule has 0 spiro atoms. The van der Waals surface area contributed by atoms with Crippen molar-refractivity contribution in [2.45, 2.75) is 6.92 Å². The second-order valence-electron chi connectivity index (χ2n) is 3.80. The van der Waals surface area contributed by atoms with Crippen LogP contribution in [0.2, 0.25) is 0 Å². The Balaban J connectivity index is 2.40. The molecule has 5 nitrogen and oxygen atoms in total. The third-order valence-electron chi connectivity index (χ3n) is 2.35. The first-order valence-corrected chi connectivity index (χ1v) is 5.18. The first-order valence-electron chi connectivity index (χ1n) is 5.18. The lowest BCUT2D eigenvalue weighted by Gasteiger charge is -2.08. The predicted molar refractivity (Wildman–Crippen MR) is 61.4 cm³/mol. The van der Waals surface area contributed by atoms with E-state index in [2.05, 4.69) is 5.10 Å². The number of halogens is 1. The second kappa shape index (κ2) is 4.48. The van der Waals surface area contributed by atoms with Gasteiger partial charge in [0.05, 0.1) is 5.69 Å². The highest BCUT2D eigenvalue weighted by molar-refractivity contribution is 5.90. The Morgan fingerprint density at radius 3 is 2.72 bits per heavy atom. The lowest BCUT2D eigenvalue weighted by atomic mass is 10.2. The van der Waals surface area contributed by atoms with Crippen LogP contribution in [-0.2, 0) is 7.05 Å². The standard InChI is InChI=1S/C12H11FN2O3/c1-7-5-11(15(2)14-7)18-10-4-3-8(13)6-9(10)12(16)17/h3-6H,1-2H3,(H,16,17). The molecule has 0 bridgehead atoms. The van der Waals surface area contributed by atoms with E-state index in [4.69, 9.17) is 9.84 Å². The molecule has 2 rings (SSSR count). The number of carboxylic acids is 1. The van der Waals surface area contributed by atoms with Gasteiger partial charge in [-0.2, -0.15) is 5.10 Å². The lowest BCUT2D eigenvalue weighted by molar-refractivity contribution is 0.0693. The molecule has 0 saturated carbocycles. The number of nitrogens with zero attached hydrogens (tertiary/aromatic N) is 2. The normalized spacial score (nSPS) is 10.4. The SMILES string of the molecule is Cc1cc(Oc2ccc(F)cc2C(=O)O)n(C)n1. The zero-order valence-corrected chi connectivity index (χ0v) is 9.85. The number of ether oxygens (including phenoxy) is 1. The fourth-order valence-corrected chi connectivity index (χ4v) is 1.55. The van der Waals surface area contributed by atoms with Gasteiger partial charge in [0.25, 0.3) is 0 Å². The molecule has 94 valence electrons. The molecule has 0 fully saturated rings. The summed E-state index contributed by atoms with van der Waals surface area (Å²) < 4.78 is 19.9. The van der Waals surface area contributed by atoms with Gasteiger partial charge in [-0.1, -0.05) is 0 Å². The minimum absolute atomic E-state index is 0.0758. The highest BCUT2D eigenvalue weighted by Gasteiger charge is 2.15. The average Bonchev–Trinajstić information content (AvgIpc) is 2.60. The molecular weight excluding hydrogens is 239 g/mol. The Morgan fingerprint density at radius 2 is 2.17 bits per heavy atom.